The molecule has 162 valence electrons. The molecule has 0 amide bonds. The van der Waals surface area contributed by atoms with Gasteiger partial charge in [0, 0.05) is 19.1 Å². The van der Waals surface area contributed by atoms with Crippen molar-refractivity contribution in [2.24, 2.45) is 5.92 Å². The zero-order valence-electron chi connectivity index (χ0n) is 17.5. The van der Waals surface area contributed by atoms with Crippen molar-refractivity contribution in [1.29, 1.82) is 0 Å². The number of epoxide rings is 2. The monoisotopic (exact) mass is 397 g/mol. The molecule has 3 atom stereocenters. The fourth-order valence-corrected chi connectivity index (χ4v) is 4.76. The van der Waals surface area contributed by atoms with Crippen LogP contribution in [0.15, 0.2) is 0 Å². The molecule has 28 heavy (non-hydrogen) atoms. The van der Waals surface area contributed by atoms with Gasteiger partial charge in [-0.15, -0.1) is 0 Å². The Morgan fingerprint density at radius 2 is 1.29 bits per heavy atom. The first kappa shape index (κ1) is 21.0. The smallest absolute Gasteiger partial charge is 0.101 e. The van der Waals surface area contributed by atoms with Gasteiger partial charge in [-0.25, -0.2) is 0 Å². The summed E-state index contributed by atoms with van der Waals surface area (Å²) >= 11 is 0. The second kappa shape index (κ2) is 10.2. The van der Waals surface area contributed by atoms with Gasteiger partial charge in [-0.05, 0) is 57.3 Å². The van der Waals surface area contributed by atoms with Gasteiger partial charge in [0.15, 0.2) is 0 Å². The zero-order chi connectivity index (χ0) is 19.3. The van der Waals surface area contributed by atoms with Gasteiger partial charge in [-0.2, -0.15) is 0 Å². The summed E-state index contributed by atoms with van der Waals surface area (Å²) in [6, 6.07) is 0.621. The number of hydrogen-bond donors (Lipinski definition) is 1. The van der Waals surface area contributed by atoms with Crippen molar-refractivity contribution >= 4 is 0 Å². The summed E-state index contributed by atoms with van der Waals surface area (Å²) < 4.78 is 22.8. The van der Waals surface area contributed by atoms with Crippen LogP contribution >= 0.6 is 0 Å². The Labute approximate surface area is 169 Å². The number of aliphatic hydroxyl groups is 1. The summed E-state index contributed by atoms with van der Waals surface area (Å²) in [5.74, 6) is 0.827. The third-order valence-electron chi connectivity index (χ3n) is 6.85. The van der Waals surface area contributed by atoms with Crippen LogP contribution in [-0.4, -0.2) is 86.1 Å². The number of ether oxygens (including phenoxy) is 4. The van der Waals surface area contributed by atoms with Gasteiger partial charge in [0.2, 0.25) is 0 Å². The van der Waals surface area contributed by atoms with Crippen LogP contribution in [-0.2, 0) is 18.9 Å². The summed E-state index contributed by atoms with van der Waals surface area (Å²) in [6.45, 7) is 7.05. The average molecular weight is 398 g/mol. The van der Waals surface area contributed by atoms with Crippen molar-refractivity contribution in [3.63, 3.8) is 0 Å². The van der Waals surface area contributed by atoms with Gasteiger partial charge >= 0.3 is 0 Å². The summed E-state index contributed by atoms with van der Waals surface area (Å²) in [5, 5.41) is 10.2. The van der Waals surface area contributed by atoms with E-state index in [-0.39, 0.29) is 6.10 Å². The van der Waals surface area contributed by atoms with Gasteiger partial charge in [-0.1, -0.05) is 6.92 Å². The SMILES string of the molecule is CC1CCC(OCC(O)COC2CCC(N(CC3CO3)CC3CO3)CC2)CC1. The highest BCUT2D eigenvalue weighted by Crippen LogP contribution is 2.29. The number of nitrogens with zero attached hydrogens (tertiary/aromatic N) is 1. The Morgan fingerprint density at radius 3 is 1.75 bits per heavy atom. The van der Waals surface area contributed by atoms with Crippen LogP contribution in [0.2, 0.25) is 0 Å². The highest BCUT2D eigenvalue weighted by molar-refractivity contribution is 4.87. The molecule has 0 spiro atoms. The first-order chi connectivity index (χ1) is 13.7. The van der Waals surface area contributed by atoms with E-state index in [1.54, 1.807) is 0 Å². The topological polar surface area (TPSA) is 67.0 Å². The number of rotatable bonds is 11. The van der Waals surface area contributed by atoms with Crippen molar-refractivity contribution in [3.05, 3.63) is 0 Å². The highest BCUT2D eigenvalue weighted by atomic mass is 16.6. The molecule has 4 fully saturated rings. The Balaban J connectivity index is 1.09. The predicted molar refractivity (Wildman–Crippen MR) is 106 cm³/mol. The molecule has 0 aromatic rings. The lowest BCUT2D eigenvalue weighted by molar-refractivity contribution is -0.0784. The quantitative estimate of drug-likeness (QED) is 0.540. The van der Waals surface area contributed by atoms with E-state index >= 15 is 0 Å². The molecule has 4 rings (SSSR count). The van der Waals surface area contributed by atoms with Gasteiger partial charge in [0.05, 0.1) is 50.8 Å². The molecule has 0 aromatic carbocycles. The molecule has 0 aromatic heterocycles. The molecule has 1 N–H and O–H groups in total. The van der Waals surface area contributed by atoms with E-state index in [0.29, 0.717) is 37.6 Å². The van der Waals surface area contributed by atoms with Crippen LogP contribution in [0, 0.1) is 5.92 Å². The average Bonchev–Trinajstić information content (AvgIpc) is 3.62. The molecule has 0 radical (unpaired) electrons. The molecule has 2 saturated carbocycles. The molecule has 2 saturated heterocycles. The van der Waals surface area contributed by atoms with E-state index in [4.69, 9.17) is 18.9 Å². The Morgan fingerprint density at radius 1 is 0.821 bits per heavy atom. The van der Waals surface area contributed by atoms with Gasteiger partial charge < -0.3 is 24.1 Å². The van der Waals surface area contributed by atoms with E-state index < -0.39 is 6.10 Å². The minimum absolute atomic E-state index is 0.276. The highest BCUT2D eigenvalue weighted by Gasteiger charge is 2.35. The van der Waals surface area contributed by atoms with Crippen LogP contribution in [0.5, 0.6) is 0 Å². The van der Waals surface area contributed by atoms with Crippen molar-refractivity contribution in [3.8, 4) is 0 Å². The maximum absolute atomic E-state index is 10.2. The van der Waals surface area contributed by atoms with Gasteiger partial charge in [0.1, 0.15) is 6.10 Å². The molecule has 3 unspecified atom stereocenters. The Hall–Kier alpha value is -0.240. The second-order valence-electron chi connectivity index (χ2n) is 9.50. The molecular weight excluding hydrogens is 358 g/mol. The largest absolute Gasteiger partial charge is 0.388 e. The third-order valence-corrected chi connectivity index (χ3v) is 6.85. The molecule has 0 bridgehead atoms. The van der Waals surface area contributed by atoms with Crippen LogP contribution in [0.1, 0.15) is 58.3 Å². The standard InChI is InChI=1S/C22H39NO5/c1-16-2-6-19(7-3-16)25-12-18(24)13-26-20-8-4-17(5-9-20)23(10-21-14-27-21)11-22-15-28-22/h16-22,24H,2-15H2,1H3. The lowest BCUT2D eigenvalue weighted by Gasteiger charge is -2.36. The molecule has 2 aliphatic carbocycles. The first-order valence-electron chi connectivity index (χ1n) is 11.5. The predicted octanol–water partition coefficient (Wildman–Crippen LogP) is 2.37. The van der Waals surface area contributed by atoms with Gasteiger partial charge in [0.25, 0.3) is 0 Å². The summed E-state index contributed by atoms with van der Waals surface area (Å²) in [7, 11) is 0. The van der Waals surface area contributed by atoms with E-state index in [9.17, 15) is 5.11 Å². The van der Waals surface area contributed by atoms with E-state index in [1.165, 1.54) is 12.8 Å². The van der Waals surface area contributed by atoms with E-state index in [2.05, 4.69) is 11.8 Å². The van der Waals surface area contributed by atoms with E-state index in [1.807, 2.05) is 0 Å². The first-order valence-corrected chi connectivity index (χ1v) is 11.5. The fraction of sp³-hybridized carbons (Fsp3) is 1.00. The maximum Gasteiger partial charge on any atom is 0.101 e. The Kier molecular flexibility index (Phi) is 7.64. The molecule has 2 aliphatic heterocycles. The van der Waals surface area contributed by atoms with Crippen molar-refractivity contribution in [2.75, 3.05) is 39.5 Å². The van der Waals surface area contributed by atoms with Crippen molar-refractivity contribution in [1.82, 2.24) is 4.90 Å². The normalized spacial score (nSPS) is 39.1. The Bertz CT molecular complexity index is 440. The fourth-order valence-electron chi connectivity index (χ4n) is 4.76. The van der Waals surface area contributed by atoms with E-state index in [0.717, 1.165) is 70.7 Å². The van der Waals surface area contributed by atoms with Crippen LogP contribution in [0.4, 0.5) is 0 Å². The van der Waals surface area contributed by atoms with Crippen LogP contribution < -0.4 is 0 Å². The molecule has 6 nitrogen and oxygen atoms in total. The second-order valence-corrected chi connectivity index (χ2v) is 9.50. The summed E-state index contributed by atoms with van der Waals surface area (Å²) in [4.78, 5) is 2.58. The third kappa shape index (κ3) is 6.92. The van der Waals surface area contributed by atoms with Gasteiger partial charge in [-0.3, -0.25) is 4.90 Å². The summed E-state index contributed by atoms with van der Waals surface area (Å²) in [5.41, 5.74) is 0. The molecule has 2 heterocycles. The minimum atomic E-state index is -0.507. The number of hydrogen-bond acceptors (Lipinski definition) is 6. The number of aliphatic hydroxyl groups excluding tert-OH is 1. The zero-order valence-corrected chi connectivity index (χ0v) is 17.5. The lowest BCUT2D eigenvalue weighted by Crippen LogP contribution is -2.43. The minimum Gasteiger partial charge on any atom is -0.388 e. The van der Waals surface area contributed by atoms with Crippen LogP contribution in [0.25, 0.3) is 0 Å². The van der Waals surface area contributed by atoms with Crippen molar-refractivity contribution < 1.29 is 24.1 Å². The maximum atomic E-state index is 10.2. The van der Waals surface area contributed by atoms with Crippen molar-refractivity contribution in [2.45, 2.75) is 94.9 Å². The molecule has 6 heteroatoms. The molecule has 4 aliphatic rings. The molecular formula is C22H39NO5. The summed E-state index contributed by atoms with van der Waals surface area (Å²) in [6.07, 6.45) is 10.2. The van der Waals surface area contributed by atoms with Crippen LogP contribution in [0.3, 0.4) is 0 Å². The lowest BCUT2D eigenvalue weighted by atomic mass is 9.89.